The van der Waals surface area contributed by atoms with Crippen molar-refractivity contribution in [2.75, 3.05) is 24.5 Å². The van der Waals surface area contributed by atoms with Gasteiger partial charge in [0.25, 0.3) is 5.91 Å². The summed E-state index contributed by atoms with van der Waals surface area (Å²) in [6, 6.07) is 17.0. The second kappa shape index (κ2) is 7.74. The molecule has 3 unspecified atom stereocenters. The first-order valence-electron chi connectivity index (χ1n) is 11.1. The summed E-state index contributed by atoms with van der Waals surface area (Å²) >= 11 is 0. The van der Waals surface area contributed by atoms with Crippen LogP contribution in [0.4, 0.5) is 5.69 Å². The fourth-order valence-corrected chi connectivity index (χ4v) is 5.18. The summed E-state index contributed by atoms with van der Waals surface area (Å²) < 4.78 is 6.09. The lowest BCUT2D eigenvalue weighted by molar-refractivity contribution is -0.146. The minimum Gasteiger partial charge on any atom is -0.367 e. The van der Waals surface area contributed by atoms with E-state index in [0.29, 0.717) is 37.2 Å². The summed E-state index contributed by atoms with van der Waals surface area (Å²) in [5, 5.41) is 0. The second-order valence-corrected chi connectivity index (χ2v) is 9.00. The molecule has 0 radical (unpaired) electrons. The molecule has 7 nitrogen and oxygen atoms in total. The zero-order chi connectivity index (χ0) is 22.5. The Morgan fingerprint density at radius 1 is 1.06 bits per heavy atom. The highest BCUT2D eigenvalue weighted by molar-refractivity contribution is 6.11. The van der Waals surface area contributed by atoms with Gasteiger partial charge in [-0.3, -0.25) is 19.3 Å². The number of hydrogen-bond donors (Lipinski definition) is 0. The van der Waals surface area contributed by atoms with Crippen LogP contribution in [0.5, 0.6) is 0 Å². The van der Waals surface area contributed by atoms with Gasteiger partial charge in [0.2, 0.25) is 11.8 Å². The maximum atomic E-state index is 13.4. The molecule has 0 saturated carbocycles. The van der Waals surface area contributed by atoms with Crippen LogP contribution in [0.3, 0.4) is 0 Å². The van der Waals surface area contributed by atoms with Crippen LogP contribution in [0.25, 0.3) is 0 Å². The summed E-state index contributed by atoms with van der Waals surface area (Å²) in [5.41, 5.74) is 1.29. The molecule has 3 amide bonds. The Kier molecular flexibility index (Phi) is 5.01. The molecule has 5 rings (SSSR count). The molecule has 2 aromatic carbocycles. The van der Waals surface area contributed by atoms with Gasteiger partial charge >= 0.3 is 0 Å². The van der Waals surface area contributed by atoms with E-state index in [1.165, 1.54) is 0 Å². The van der Waals surface area contributed by atoms with E-state index in [0.717, 1.165) is 5.56 Å². The number of carbonyl (C=O) groups is 3. The predicted octanol–water partition coefficient (Wildman–Crippen LogP) is 2.97. The molecule has 166 valence electrons. The van der Waals surface area contributed by atoms with Crippen LogP contribution in [0.1, 0.15) is 48.7 Å². The van der Waals surface area contributed by atoms with Gasteiger partial charge in [0.05, 0.1) is 23.9 Å². The van der Waals surface area contributed by atoms with Crippen molar-refractivity contribution >= 4 is 23.4 Å². The topological polar surface area (TPSA) is 70.2 Å². The predicted molar refractivity (Wildman–Crippen MR) is 119 cm³/mol. The number of ether oxygens (including phenoxy) is 1. The fourth-order valence-electron chi connectivity index (χ4n) is 5.18. The summed E-state index contributed by atoms with van der Waals surface area (Å²) in [7, 11) is 0. The number of fused-ring (bicyclic) bond motifs is 3. The van der Waals surface area contributed by atoms with E-state index >= 15 is 0 Å². The first-order chi connectivity index (χ1) is 15.4. The normalized spacial score (nSPS) is 27.4. The zero-order valence-electron chi connectivity index (χ0n) is 18.4. The minimum atomic E-state index is -0.838. The highest BCUT2D eigenvalue weighted by Crippen LogP contribution is 2.44. The molecule has 0 aliphatic carbocycles. The lowest BCUT2D eigenvalue weighted by atomic mass is 9.98. The molecular formula is C25H27N3O4. The van der Waals surface area contributed by atoms with E-state index in [2.05, 4.69) is 0 Å². The van der Waals surface area contributed by atoms with Crippen molar-refractivity contribution in [2.45, 2.75) is 44.6 Å². The third kappa shape index (κ3) is 3.28. The Balaban J connectivity index is 1.41. The SMILES string of the molecule is CC1CN(C(=O)CN2C(=O)c3ccccc3N3C(=O)CCC23C)CC(c2ccccc2)O1. The van der Waals surface area contributed by atoms with E-state index in [-0.39, 0.29) is 36.5 Å². The van der Waals surface area contributed by atoms with Crippen LogP contribution in [0, 0.1) is 0 Å². The Hall–Kier alpha value is -3.19. The summed E-state index contributed by atoms with van der Waals surface area (Å²) in [6.07, 6.45) is 0.538. The standard InChI is InChI=1S/C25H27N3O4/c1-17-14-26(15-21(32-17)18-8-4-3-5-9-18)23(30)16-27-24(31)19-10-6-7-11-20(19)28-22(29)12-13-25(27,28)2/h3-11,17,21H,12-16H2,1-2H3. The average Bonchev–Trinajstić information content (AvgIpc) is 3.12. The summed E-state index contributed by atoms with van der Waals surface area (Å²) in [5.74, 6) is -0.355. The Morgan fingerprint density at radius 2 is 1.78 bits per heavy atom. The van der Waals surface area contributed by atoms with E-state index in [1.54, 1.807) is 26.8 Å². The number of rotatable bonds is 3. The third-order valence-corrected chi connectivity index (χ3v) is 6.82. The van der Waals surface area contributed by atoms with E-state index < -0.39 is 5.66 Å². The number of para-hydroxylation sites is 1. The Morgan fingerprint density at radius 3 is 2.56 bits per heavy atom. The molecule has 3 aliphatic heterocycles. The van der Waals surface area contributed by atoms with Crippen LogP contribution < -0.4 is 4.90 Å². The lowest BCUT2D eigenvalue weighted by Crippen LogP contribution is -2.64. The Bertz CT molecular complexity index is 1070. The van der Waals surface area contributed by atoms with E-state index in [1.807, 2.05) is 56.3 Å². The molecule has 3 atom stereocenters. The molecule has 2 fully saturated rings. The molecule has 2 aromatic rings. The van der Waals surface area contributed by atoms with Crippen molar-refractivity contribution in [1.29, 1.82) is 0 Å². The number of benzene rings is 2. The number of nitrogens with zero attached hydrogens (tertiary/aromatic N) is 3. The molecule has 0 N–H and O–H groups in total. The van der Waals surface area contributed by atoms with Crippen molar-refractivity contribution < 1.29 is 19.1 Å². The number of morpholine rings is 1. The molecule has 3 heterocycles. The average molecular weight is 434 g/mol. The minimum absolute atomic E-state index is 0.0194. The molecule has 32 heavy (non-hydrogen) atoms. The largest absolute Gasteiger partial charge is 0.367 e. The summed E-state index contributed by atoms with van der Waals surface area (Å²) in [6.45, 7) is 4.68. The molecular weight excluding hydrogens is 406 g/mol. The van der Waals surface area contributed by atoms with Crippen LogP contribution in [-0.4, -0.2) is 58.9 Å². The molecule has 3 aliphatic rings. The molecule has 0 bridgehead atoms. The smallest absolute Gasteiger partial charge is 0.258 e. The number of hydrogen-bond acceptors (Lipinski definition) is 4. The van der Waals surface area contributed by atoms with Crippen molar-refractivity contribution in [3.05, 3.63) is 65.7 Å². The van der Waals surface area contributed by atoms with Crippen molar-refractivity contribution in [3.63, 3.8) is 0 Å². The number of anilines is 1. The van der Waals surface area contributed by atoms with Crippen LogP contribution in [0.2, 0.25) is 0 Å². The highest BCUT2D eigenvalue weighted by Gasteiger charge is 2.53. The first-order valence-corrected chi connectivity index (χ1v) is 11.1. The summed E-state index contributed by atoms with van der Waals surface area (Å²) in [4.78, 5) is 44.7. The van der Waals surface area contributed by atoms with Gasteiger partial charge in [-0.1, -0.05) is 42.5 Å². The van der Waals surface area contributed by atoms with Crippen molar-refractivity contribution in [2.24, 2.45) is 0 Å². The monoisotopic (exact) mass is 433 g/mol. The van der Waals surface area contributed by atoms with Crippen LogP contribution in [0.15, 0.2) is 54.6 Å². The van der Waals surface area contributed by atoms with Gasteiger partial charge in [0.15, 0.2) is 0 Å². The van der Waals surface area contributed by atoms with Crippen molar-refractivity contribution in [3.8, 4) is 0 Å². The first kappa shape index (κ1) is 20.7. The highest BCUT2D eigenvalue weighted by atomic mass is 16.5. The quantitative estimate of drug-likeness (QED) is 0.746. The maximum absolute atomic E-state index is 13.4. The zero-order valence-corrected chi connectivity index (χ0v) is 18.4. The van der Waals surface area contributed by atoms with Gasteiger partial charge in [0, 0.05) is 13.0 Å². The lowest BCUT2D eigenvalue weighted by Gasteiger charge is -2.49. The number of carbonyl (C=O) groups excluding carboxylic acids is 3. The molecule has 0 aromatic heterocycles. The van der Waals surface area contributed by atoms with Crippen molar-refractivity contribution in [1.82, 2.24) is 9.80 Å². The maximum Gasteiger partial charge on any atom is 0.258 e. The van der Waals surface area contributed by atoms with Gasteiger partial charge in [-0.05, 0) is 38.0 Å². The van der Waals surface area contributed by atoms with E-state index in [4.69, 9.17) is 4.74 Å². The number of amides is 3. The third-order valence-electron chi connectivity index (χ3n) is 6.82. The van der Waals surface area contributed by atoms with Gasteiger partial charge in [-0.2, -0.15) is 0 Å². The van der Waals surface area contributed by atoms with Crippen LogP contribution >= 0.6 is 0 Å². The molecule has 2 saturated heterocycles. The van der Waals surface area contributed by atoms with Gasteiger partial charge in [-0.15, -0.1) is 0 Å². The van der Waals surface area contributed by atoms with E-state index in [9.17, 15) is 14.4 Å². The second-order valence-electron chi connectivity index (χ2n) is 9.00. The van der Waals surface area contributed by atoms with Gasteiger partial charge in [-0.25, -0.2) is 0 Å². The molecule has 7 heteroatoms. The Labute approximate surface area is 187 Å². The fraction of sp³-hybridized carbons (Fsp3) is 0.400. The van der Waals surface area contributed by atoms with Gasteiger partial charge in [0.1, 0.15) is 18.3 Å². The van der Waals surface area contributed by atoms with Crippen LogP contribution in [-0.2, 0) is 14.3 Å². The van der Waals surface area contributed by atoms with Gasteiger partial charge < -0.3 is 14.5 Å². The molecule has 0 spiro atoms.